The number of aliphatic hydroxyl groups is 1. The first-order chi connectivity index (χ1) is 14.3. The van der Waals surface area contributed by atoms with Crippen LogP contribution in [0.15, 0.2) is 6.20 Å². The Morgan fingerprint density at radius 1 is 1.33 bits per heavy atom. The fourth-order valence-electron chi connectivity index (χ4n) is 4.19. The highest BCUT2D eigenvalue weighted by Crippen LogP contribution is 2.34. The van der Waals surface area contributed by atoms with Crippen LogP contribution in [-0.2, 0) is 10.0 Å². The van der Waals surface area contributed by atoms with E-state index < -0.39 is 21.7 Å². The number of ether oxygens (including phenoxy) is 1. The molecule has 0 unspecified atom stereocenters. The number of nitrogens with one attached hydrogen (secondary N) is 1. The zero-order valence-corrected chi connectivity index (χ0v) is 18.1. The van der Waals surface area contributed by atoms with Gasteiger partial charge in [-0.2, -0.15) is 10.2 Å². The third-order valence-electron chi connectivity index (χ3n) is 6.29. The number of aromatic nitrogens is 2. The van der Waals surface area contributed by atoms with Crippen molar-refractivity contribution in [3.05, 3.63) is 11.8 Å². The van der Waals surface area contributed by atoms with Crippen molar-refractivity contribution < 1.29 is 18.3 Å². The topological polar surface area (TPSA) is 128 Å². The van der Waals surface area contributed by atoms with Crippen molar-refractivity contribution >= 4 is 16.0 Å². The molecule has 2 atom stereocenters. The summed E-state index contributed by atoms with van der Waals surface area (Å²) in [5.74, 6) is 1.14. The lowest BCUT2D eigenvalue weighted by Gasteiger charge is -2.31. The molecule has 1 aromatic heterocycles. The summed E-state index contributed by atoms with van der Waals surface area (Å²) >= 11 is 0. The summed E-state index contributed by atoms with van der Waals surface area (Å²) < 4.78 is 32.4. The van der Waals surface area contributed by atoms with Crippen molar-refractivity contribution in [2.24, 2.45) is 5.92 Å². The summed E-state index contributed by atoms with van der Waals surface area (Å²) in [6.45, 7) is 2.71. The third kappa shape index (κ3) is 4.85. The zero-order valence-electron chi connectivity index (χ0n) is 17.2. The van der Waals surface area contributed by atoms with Crippen LogP contribution in [0.1, 0.15) is 57.4 Å². The molecule has 1 saturated heterocycles. The van der Waals surface area contributed by atoms with E-state index >= 15 is 0 Å². The van der Waals surface area contributed by atoms with Crippen LogP contribution in [0, 0.1) is 17.2 Å². The molecule has 2 saturated carbocycles. The summed E-state index contributed by atoms with van der Waals surface area (Å²) in [7, 11) is -3.16. The highest BCUT2D eigenvalue weighted by Gasteiger charge is 2.39. The minimum absolute atomic E-state index is 0.0488. The molecular weight excluding hydrogens is 406 g/mol. The SMILES string of the molecule is C[C@@]1(O)CCC[C@@H]1Oc1nc(NC2CCN(S(=O)(=O)CC3CC3)CC2)ncc1C#N. The highest BCUT2D eigenvalue weighted by molar-refractivity contribution is 7.89. The summed E-state index contributed by atoms with van der Waals surface area (Å²) in [6.07, 6.45) is 6.61. The highest BCUT2D eigenvalue weighted by atomic mass is 32.2. The van der Waals surface area contributed by atoms with Crippen LogP contribution >= 0.6 is 0 Å². The Kier molecular flexibility index (Phi) is 5.88. The van der Waals surface area contributed by atoms with Crippen LogP contribution in [-0.4, -0.2) is 64.4 Å². The van der Waals surface area contributed by atoms with E-state index in [2.05, 4.69) is 15.3 Å². The van der Waals surface area contributed by atoms with Crippen molar-refractivity contribution in [1.82, 2.24) is 14.3 Å². The van der Waals surface area contributed by atoms with Gasteiger partial charge in [-0.3, -0.25) is 0 Å². The lowest BCUT2D eigenvalue weighted by Crippen LogP contribution is -2.43. The van der Waals surface area contributed by atoms with Gasteiger partial charge in [0.2, 0.25) is 21.9 Å². The van der Waals surface area contributed by atoms with Gasteiger partial charge in [-0.1, -0.05) is 0 Å². The van der Waals surface area contributed by atoms with Crippen LogP contribution in [0.3, 0.4) is 0 Å². The van der Waals surface area contributed by atoms with Crippen LogP contribution in [0.25, 0.3) is 0 Å². The molecule has 2 aliphatic carbocycles. The van der Waals surface area contributed by atoms with E-state index in [0.29, 0.717) is 50.6 Å². The molecule has 0 aromatic carbocycles. The minimum atomic E-state index is -3.16. The average molecular weight is 436 g/mol. The number of anilines is 1. The van der Waals surface area contributed by atoms with E-state index in [4.69, 9.17) is 4.74 Å². The Hall–Kier alpha value is -1.96. The predicted molar refractivity (Wildman–Crippen MR) is 110 cm³/mol. The zero-order chi connectivity index (χ0) is 21.4. The number of sulfonamides is 1. The second-order valence-corrected chi connectivity index (χ2v) is 10.9. The maximum Gasteiger partial charge on any atom is 0.236 e. The van der Waals surface area contributed by atoms with Crippen LogP contribution in [0.4, 0.5) is 5.95 Å². The first-order valence-corrected chi connectivity index (χ1v) is 12.3. The van der Waals surface area contributed by atoms with Gasteiger partial charge in [0, 0.05) is 19.1 Å². The maximum absolute atomic E-state index is 12.4. The van der Waals surface area contributed by atoms with Gasteiger partial charge in [0.15, 0.2) is 0 Å². The van der Waals surface area contributed by atoms with Crippen LogP contribution in [0.5, 0.6) is 5.88 Å². The van der Waals surface area contributed by atoms with Crippen molar-refractivity contribution in [1.29, 1.82) is 5.26 Å². The standard InChI is InChI=1S/C20H29N5O4S/c1-20(26)8-2-3-17(20)29-18-15(11-21)12-22-19(24-18)23-16-6-9-25(10-7-16)30(27,28)13-14-4-5-14/h12,14,16-17,26H,2-10,13H2,1H3,(H,22,23,24)/t17-,20+/m0/s1. The third-order valence-corrected chi connectivity index (χ3v) is 8.34. The van der Waals surface area contributed by atoms with E-state index in [1.54, 1.807) is 11.2 Å². The summed E-state index contributed by atoms with van der Waals surface area (Å²) in [5, 5.41) is 23.0. The lowest BCUT2D eigenvalue weighted by molar-refractivity contribution is -0.0271. The molecule has 9 nitrogen and oxygen atoms in total. The van der Waals surface area contributed by atoms with Crippen LogP contribution < -0.4 is 10.1 Å². The molecule has 0 bridgehead atoms. The Balaban J connectivity index is 1.37. The van der Waals surface area contributed by atoms with Gasteiger partial charge in [-0.15, -0.1) is 0 Å². The first kappa shape index (κ1) is 21.3. The van der Waals surface area contributed by atoms with Gasteiger partial charge in [0.25, 0.3) is 0 Å². The molecule has 30 heavy (non-hydrogen) atoms. The van der Waals surface area contributed by atoms with E-state index in [0.717, 1.165) is 19.3 Å². The number of nitriles is 1. The number of rotatable bonds is 7. The maximum atomic E-state index is 12.4. The largest absolute Gasteiger partial charge is 0.470 e. The number of nitrogens with zero attached hydrogens (tertiary/aromatic N) is 4. The molecule has 3 fully saturated rings. The molecule has 4 rings (SSSR count). The molecule has 1 aromatic rings. The average Bonchev–Trinajstić information content (AvgIpc) is 3.44. The number of hydrogen-bond donors (Lipinski definition) is 2. The Morgan fingerprint density at radius 2 is 2.07 bits per heavy atom. The molecule has 2 N–H and O–H groups in total. The quantitative estimate of drug-likeness (QED) is 0.661. The van der Waals surface area contributed by atoms with Crippen molar-refractivity contribution in [2.45, 2.75) is 69.6 Å². The Morgan fingerprint density at radius 3 is 2.67 bits per heavy atom. The molecule has 3 aliphatic rings. The molecule has 164 valence electrons. The van der Waals surface area contributed by atoms with E-state index in [1.165, 1.54) is 6.20 Å². The summed E-state index contributed by atoms with van der Waals surface area (Å²) in [4.78, 5) is 8.58. The number of hydrogen-bond acceptors (Lipinski definition) is 8. The predicted octanol–water partition coefficient (Wildman–Crippen LogP) is 1.65. The second kappa shape index (κ2) is 8.29. The first-order valence-electron chi connectivity index (χ1n) is 10.7. The van der Waals surface area contributed by atoms with E-state index in [9.17, 15) is 18.8 Å². The van der Waals surface area contributed by atoms with Gasteiger partial charge in [0.1, 0.15) is 17.7 Å². The summed E-state index contributed by atoms with van der Waals surface area (Å²) in [5.41, 5.74) is -0.714. The van der Waals surface area contributed by atoms with Crippen molar-refractivity contribution in [3.8, 4) is 11.9 Å². The van der Waals surface area contributed by atoms with Gasteiger partial charge >= 0.3 is 0 Å². The van der Waals surface area contributed by atoms with Crippen molar-refractivity contribution in [2.75, 3.05) is 24.2 Å². The molecule has 0 radical (unpaired) electrons. The van der Waals surface area contributed by atoms with Gasteiger partial charge in [-0.05, 0) is 57.8 Å². The fourth-order valence-corrected chi connectivity index (χ4v) is 6.10. The van der Waals surface area contributed by atoms with Crippen molar-refractivity contribution in [3.63, 3.8) is 0 Å². The molecule has 10 heteroatoms. The number of piperidine rings is 1. The molecule has 1 aliphatic heterocycles. The van der Waals surface area contributed by atoms with Gasteiger partial charge < -0.3 is 15.2 Å². The summed E-state index contributed by atoms with van der Waals surface area (Å²) in [6, 6.07) is 2.09. The Labute approximate surface area is 177 Å². The minimum Gasteiger partial charge on any atom is -0.470 e. The molecule has 2 heterocycles. The lowest BCUT2D eigenvalue weighted by atomic mass is 10.0. The Bertz CT molecular complexity index is 918. The smallest absolute Gasteiger partial charge is 0.236 e. The normalized spacial score (nSPS) is 28.2. The molecule has 0 spiro atoms. The van der Waals surface area contributed by atoms with Gasteiger partial charge in [0.05, 0.1) is 17.6 Å². The molecular formula is C20H29N5O4S. The second-order valence-electron chi connectivity index (χ2n) is 8.92. The van der Waals surface area contributed by atoms with E-state index in [1.807, 2.05) is 6.07 Å². The fraction of sp³-hybridized carbons (Fsp3) is 0.750. The van der Waals surface area contributed by atoms with Gasteiger partial charge in [-0.25, -0.2) is 17.7 Å². The van der Waals surface area contributed by atoms with E-state index in [-0.39, 0.29) is 23.2 Å². The monoisotopic (exact) mass is 435 g/mol. The van der Waals surface area contributed by atoms with Crippen LogP contribution in [0.2, 0.25) is 0 Å². The molecule has 0 amide bonds.